The Labute approximate surface area is 124 Å². The van der Waals surface area contributed by atoms with Crippen molar-refractivity contribution >= 4 is 11.6 Å². The molecule has 0 bridgehead atoms. The first-order valence-electron chi connectivity index (χ1n) is 6.71. The number of ether oxygens (including phenoxy) is 1. The van der Waals surface area contributed by atoms with Crippen molar-refractivity contribution in [2.75, 3.05) is 6.54 Å². The first kappa shape index (κ1) is 14.9. The van der Waals surface area contributed by atoms with E-state index in [4.69, 9.17) is 20.8 Å². The van der Waals surface area contributed by atoms with Crippen LogP contribution in [0.3, 0.4) is 0 Å². The Hall–Kier alpha value is -1.52. The van der Waals surface area contributed by atoms with Gasteiger partial charge in [-0.25, -0.2) is 0 Å². The SMILES string of the molecule is CCCNCc1oc(COc2cncc(Cl)c2)cc1C. The number of pyridine rings is 1. The first-order valence-corrected chi connectivity index (χ1v) is 7.09. The Morgan fingerprint density at radius 3 is 2.95 bits per heavy atom. The van der Waals surface area contributed by atoms with Gasteiger partial charge in [0.25, 0.3) is 0 Å². The lowest BCUT2D eigenvalue weighted by Gasteiger charge is -2.04. The zero-order valence-electron chi connectivity index (χ0n) is 11.8. The number of rotatable bonds is 7. The molecule has 2 heterocycles. The molecular weight excluding hydrogens is 276 g/mol. The third-order valence-electron chi connectivity index (χ3n) is 2.84. The van der Waals surface area contributed by atoms with Gasteiger partial charge in [0.1, 0.15) is 23.9 Å². The van der Waals surface area contributed by atoms with Gasteiger partial charge in [0.2, 0.25) is 0 Å². The van der Waals surface area contributed by atoms with E-state index in [-0.39, 0.29) is 0 Å². The second kappa shape index (κ2) is 7.31. The van der Waals surface area contributed by atoms with E-state index in [1.807, 2.05) is 13.0 Å². The summed E-state index contributed by atoms with van der Waals surface area (Å²) in [4.78, 5) is 3.97. The highest BCUT2D eigenvalue weighted by atomic mass is 35.5. The molecule has 4 nitrogen and oxygen atoms in total. The number of aromatic nitrogens is 1. The maximum atomic E-state index is 5.85. The average Bonchev–Trinajstić information content (AvgIpc) is 2.78. The van der Waals surface area contributed by atoms with E-state index in [9.17, 15) is 0 Å². The van der Waals surface area contributed by atoms with Crippen LogP contribution in [0, 0.1) is 6.92 Å². The molecule has 0 saturated carbocycles. The van der Waals surface area contributed by atoms with Crippen LogP contribution in [0.4, 0.5) is 0 Å². The lowest BCUT2D eigenvalue weighted by atomic mass is 10.2. The van der Waals surface area contributed by atoms with Gasteiger partial charge in [0.15, 0.2) is 0 Å². The molecule has 0 aliphatic rings. The molecule has 0 spiro atoms. The molecule has 0 saturated heterocycles. The molecule has 108 valence electrons. The van der Waals surface area contributed by atoms with Gasteiger partial charge in [-0.1, -0.05) is 18.5 Å². The van der Waals surface area contributed by atoms with Gasteiger partial charge in [-0.3, -0.25) is 4.98 Å². The molecule has 2 aromatic heterocycles. The minimum atomic E-state index is 0.372. The fourth-order valence-corrected chi connectivity index (χ4v) is 2.01. The molecule has 0 unspecified atom stereocenters. The van der Waals surface area contributed by atoms with Gasteiger partial charge in [-0.05, 0) is 31.5 Å². The normalized spacial score (nSPS) is 10.8. The Morgan fingerprint density at radius 1 is 1.35 bits per heavy atom. The predicted molar refractivity (Wildman–Crippen MR) is 79.0 cm³/mol. The van der Waals surface area contributed by atoms with Crippen LogP contribution in [-0.4, -0.2) is 11.5 Å². The van der Waals surface area contributed by atoms with Crippen molar-refractivity contribution in [2.45, 2.75) is 33.4 Å². The van der Waals surface area contributed by atoms with Crippen LogP contribution in [0.1, 0.15) is 30.4 Å². The van der Waals surface area contributed by atoms with Gasteiger partial charge in [0.05, 0.1) is 17.8 Å². The summed E-state index contributed by atoms with van der Waals surface area (Å²) in [6.07, 6.45) is 4.31. The zero-order chi connectivity index (χ0) is 14.4. The van der Waals surface area contributed by atoms with Gasteiger partial charge in [-0.2, -0.15) is 0 Å². The van der Waals surface area contributed by atoms with Crippen molar-refractivity contribution in [2.24, 2.45) is 0 Å². The number of halogens is 1. The third-order valence-corrected chi connectivity index (χ3v) is 3.05. The van der Waals surface area contributed by atoms with Crippen LogP contribution >= 0.6 is 11.6 Å². The summed E-state index contributed by atoms with van der Waals surface area (Å²) in [5, 5.41) is 3.88. The molecule has 2 rings (SSSR count). The second-order valence-electron chi connectivity index (χ2n) is 4.62. The third kappa shape index (κ3) is 4.25. The monoisotopic (exact) mass is 294 g/mol. The van der Waals surface area contributed by atoms with Gasteiger partial charge in [0, 0.05) is 12.3 Å². The molecule has 0 aliphatic heterocycles. The molecule has 0 radical (unpaired) electrons. The van der Waals surface area contributed by atoms with E-state index in [2.05, 4.69) is 17.2 Å². The van der Waals surface area contributed by atoms with Crippen LogP contribution in [0.15, 0.2) is 28.9 Å². The molecule has 5 heteroatoms. The Balaban J connectivity index is 1.91. The van der Waals surface area contributed by atoms with E-state index in [0.717, 1.165) is 36.6 Å². The van der Waals surface area contributed by atoms with E-state index >= 15 is 0 Å². The smallest absolute Gasteiger partial charge is 0.146 e. The highest BCUT2D eigenvalue weighted by Gasteiger charge is 2.08. The van der Waals surface area contributed by atoms with Gasteiger partial charge < -0.3 is 14.5 Å². The summed E-state index contributed by atoms with van der Waals surface area (Å²) in [5.74, 6) is 2.40. The van der Waals surface area contributed by atoms with Crippen LogP contribution in [0.2, 0.25) is 5.02 Å². The van der Waals surface area contributed by atoms with Gasteiger partial charge >= 0.3 is 0 Å². The maximum Gasteiger partial charge on any atom is 0.146 e. The molecule has 1 N–H and O–H groups in total. The molecule has 0 aromatic carbocycles. The molecule has 2 aromatic rings. The Morgan fingerprint density at radius 2 is 2.20 bits per heavy atom. The van der Waals surface area contributed by atoms with Crippen molar-refractivity contribution in [3.8, 4) is 5.75 Å². The van der Waals surface area contributed by atoms with Crippen molar-refractivity contribution in [1.82, 2.24) is 10.3 Å². The number of hydrogen-bond acceptors (Lipinski definition) is 4. The number of nitrogens with zero attached hydrogens (tertiary/aromatic N) is 1. The van der Waals surface area contributed by atoms with Crippen molar-refractivity contribution < 1.29 is 9.15 Å². The lowest BCUT2D eigenvalue weighted by molar-refractivity contribution is 0.264. The zero-order valence-corrected chi connectivity index (χ0v) is 12.5. The summed E-state index contributed by atoms with van der Waals surface area (Å²) >= 11 is 5.85. The molecule has 20 heavy (non-hydrogen) atoms. The Bertz CT molecular complexity index is 555. The first-order chi connectivity index (χ1) is 9.69. The molecule has 0 fully saturated rings. The summed E-state index contributed by atoms with van der Waals surface area (Å²) in [7, 11) is 0. The summed E-state index contributed by atoms with van der Waals surface area (Å²) < 4.78 is 11.4. The fourth-order valence-electron chi connectivity index (χ4n) is 1.84. The summed E-state index contributed by atoms with van der Waals surface area (Å²) in [6.45, 7) is 6.28. The fraction of sp³-hybridized carbons (Fsp3) is 0.400. The number of aryl methyl sites for hydroxylation is 1. The van der Waals surface area contributed by atoms with Crippen molar-refractivity contribution in [3.05, 3.63) is 46.6 Å². The van der Waals surface area contributed by atoms with Crippen LogP contribution in [0.25, 0.3) is 0 Å². The largest absolute Gasteiger partial charge is 0.484 e. The van der Waals surface area contributed by atoms with E-state index in [1.165, 1.54) is 0 Å². The second-order valence-corrected chi connectivity index (χ2v) is 5.06. The van der Waals surface area contributed by atoms with Crippen LogP contribution in [0.5, 0.6) is 5.75 Å². The number of nitrogens with one attached hydrogen (secondary N) is 1. The molecule has 0 atom stereocenters. The molecule has 0 aliphatic carbocycles. The average molecular weight is 295 g/mol. The Kier molecular flexibility index (Phi) is 5.44. The van der Waals surface area contributed by atoms with E-state index < -0.39 is 0 Å². The highest BCUT2D eigenvalue weighted by molar-refractivity contribution is 6.30. The lowest BCUT2D eigenvalue weighted by Crippen LogP contribution is -2.13. The molecular formula is C15H19ClN2O2. The van der Waals surface area contributed by atoms with Crippen molar-refractivity contribution in [1.29, 1.82) is 0 Å². The standard InChI is InChI=1S/C15H19ClN2O2/c1-3-4-17-9-15-11(2)5-14(20-15)10-19-13-6-12(16)7-18-8-13/h5-8,17H,3-4,9-10H2,1-2H3. The minimum absolute atomic E-state index is 0.372. The highest BCUT2D eigenvalue weighted by Crippen LogP contribution is 2.19. The minimum Gasteiger partial charge on any atom is -0.484 e. The topological polar surface area (TPSA) is 47.3 Å². The summed E-state index contributed by atoms with van der Waals surface area (Å²) in [5.41, 5.74) is 1.14. The molecule has 0 amide bonds. The van der Waals surface area contributed by atoms with Crippen LogP contribution in [-0.2, 0) is 13.2 Å². The maximum absolute atomic E-state index is 5.85. The van der Waals surface area contributed by atoms with Crippen molar-refractivity contribution in [3.63, 3.8) is 0 Å². The predicted octanol–water partition coefficient (Wildman–Crippen LogP) is 3.72. The van der Waals surface area contributed by atoms with Crippen LogP contribution < -0.4 is 10.1 Å². The van der Waals surface area contributed by atoms with Gasteiger partial charge in [-0.15, -0.1) is 0 Å². The quantitative estimate of drug-likeness (QED) is 0.791. The number of hydrogen-bond donors (Lipinski definition) is 1. The van der Waals surface area contributed by atoms with E-state index in [0.29, 0.717) is 17.4 Å². The van der Waals surface area contributed by atoms with E-state index in [1.54, 1.807) is 18.5 Å². The summed E-state index contributed by atoms with van der Waals surface area (Å²) in [6, 6.07) is 3.73. The number of furan rings is 1.